The predicted molar refractivity (Wildman–Crippen MR) is 57.0 cm³/mol. The first-order valence-electron chi connectivity index (χ1n) is 4.59. The van der Waals surface area contributed by atoms with Crippen molar-refractivity contribution in [2.24, 2.45) is 5.73 Å². The molecule has 0 fully saturated rings. The molecule has 0 bridgehead atoms. The van der Waals surface area contributed by atoms with Gasteiger partial charge in [-0.05, 0) is 6.92 Å². The standard InChI is InChI=1S/C10H12N2O4/c1-10(11,9(13)14)6-7-4-2-3-5-8(7)12(15)16/h2-5H,6,11H2,1H3,(H,13,14). The Bertz CT molecular complexity index is 429. The Kier molecular flexibility index (Phi) is 3.24. The molecule has 0 radical (unpaired) electrons. The molecule has 0 amide bonds. The van der Waals surface area contributed by atoms with Gasteiger partial charge in [0.15, 0.2) is 0 Å². The van der Waals surface area contributed by atoms with Crippen molar-refractivity contribution in [3.8, 4) is 0 Å². The summed E-state index contributed by atoms with van der Waals surface area (Å²) in [4.78, 5) is 21.0. The van der Waals surface area contributed by atoms with Crippen LogP contribution in [0.4, 0.5) is 5.69 Å². The zero-order valence-electron chi connectivity index (χ0n) is 8.71. The van der Waals surface area contributed by atoms with Crippen molar-refractivity contribution in [2.45, 2.75) is 18.9 Å². The highest BCUT2D eigenvalue weighted by Gasteiger charge is 2.30. The van der Waals surface area contributed by atoms with Crippen LogP contribution in [0.15, 0.2) is 24.3 Å². The van der Waals surface area contributed by atoms with Gasteiger partial charge < -0.3 is 10.8 Å². The Labute approximate surface area is 91.8 Å². The van der Waals surface area contributed by atoms with Crippen molar-refractivity contribution in [1.82, 2.24) is 0 Å². The number of carboxylic acid groups (broad SMARTS) is 1. The summed E-state index contributed by atoms with van der Waals surface area (Å²) in [5, 5.41) is 19.5. The van der Waals surface area contributed by atoms with Gasteiger partial charge in [0.2, 0.25) is 0 Å². The molecule has 1 aromatic carbocycles. The van der Waals surface area contributed by atoms with E-state index in [0.29, 0.717) is 5.56 Å². The number of aliphatic carboxylic acids is 1. The minimum absolute atomic E-state index is 0.0838. The smallest absolute Gasteiger partial charge is 0.323 e. The minimum atomic E-state index is -1.51. The number of nitro benzene ring substituents is 1. The number of nitrogens with two attached hydrogens (primary N) is 1. The van der Waals surface area contributed by atoms with E-state index in [0.717, 1.165) is 0 Å². The molecule has 1 unspecified atom stereocenters. The first-order chi connectivity index (χ1) is 7.34. The Morgan fingerprint density at radius 1 is 1.56 bits per heavy atom. The summed E-state index contributed by atoms with van der Waals surface area (Å²) in [5.74, 6) is -1.19. The highest BCUT2D eigenvalue weighted by molar-refractivity contribution is 5.78. The van der Waals surface area contributed by atoms with E-state index < -0.39 is 16.4 Å². The van der Waals surface area contributed by atoms with Crippen LogP contribution in [0.5, 0.6) is 0 Å². The quantitative estimate of drug-likeness (QED) is 0.584. The van der Waals surface area contributed by atoms with E-state index >= 15 is 0 Å². The van der Waals surface area contributed by atoms with Gasteiger partial charge >= 0.3 is 5.97 Å². The Morgan fingerprint density at radius 2 is 2.12 bits per heavy atom. The molecule has 0 saturated carbocycles. The zero-order valence-corrected chi connectivity index (χ0v) is 8.71. The lowest BCUT2D eigenvalue weighted by atomic mass is 9.93. The van der Waals surface area contributed by atoms with E-state index in [4.69, 9.17) is 10.8 Å². The van der Waals surface area contributed by atoms with Gasteiger partial charge in [-0.25, -0.2) is 0 Å². The normalized spacial score (nSPS) is 14.1. The summed E-state index contributed by atoms with van der Waals surface area (Å²) >= 11 is 0. The third kappa shape index (κ3) is 2.54. The average Bonchev–Trinajstić information content (AvgIpc) is 2.17. The molecular formula is C10H12N2O4. The highest BCUT2D eigenvalue weighted by atomic mass is 16.6. The van der Waals surface area contributed by atoms with Gasteiger partial charge in [-0.15, -0.1) is 0 Å². The van der Waals surface area contributed by atoms with Crippen molar-refractivity contribution < 1.29 is 14.8 Å². The van der Waals surface area contributed by atoms with Crippen LogP contribution in [0.3, 0.4) is 0 Å². The van der Waals surface area contributed by atoms with E-state index in [2.05, 4.69) is 0 Å². The Balaban J connectivity index is 3.06. The molecule has 1 rings (SSSR count). The summed E-state index contributed by atoms with van der Waals surface area (Å²) in [7, 11) is 0. The van der Waals surface area contributed by atoms with E-state index in [-0.39, 0.29) is 12.1 Å². The molecule has 16 heavy (non-hydrogen) atoms. The molecule has 0 aromatic heterocycles. The second-order valence-electron chi connectivity index (χ2n) is 3.79. The van der Waals surface area contributed by atoms with Gasteiger partial charge in [-0.1, -0.05) is 18.2 Å². The summed E-state index contributed by atoms with van der Waals surface area (Å²) in [6, 6.07) is 5.97. The molecular weight excluding hydrogens is 212 g/mol. The monoisotopic (exact) mass is 224 g/mol. The molecule has 0 aliphatic rings. The van der Waals surface area contributed by atoms with Gasteiger partial charge in [-0.3, -0.25) is 14.9 Å². The van der Waals surface area contributed by atoms with Gasteiger partial charge in [0.1, 0.15) is 5.54 Å². The molecule has 6 heteroatoms. The maximum Gasteiger partial charge on any atom is 0.323 e. The molecule has 0 saturated heterocycles. The summed E-state index contributed by atoms with van der Waals surface area (Å²) < 4.78 is 0. The Hall–Kier alpha value is -1.95. The van der Waals surface area contributed by atoms with Crippen molar-refractivity contribution in [3.05, 3.63) is 39.9 Å². The van der Waals surface area contributed by atoms with Gasteiger partial charge in [0.05, 0.1) is 4.92 Å². The second-order valence-corrected chi connectivity index (χ2v) is 3.79. The number of nitrogens with zero attached hydrogens (tertiary/aromatic N) is 1. The fraction of sp³-hybridized carbons (Fsp3) is 0.300. The van der Waals surface area contributed by atoms with Crippen LogP contribution in [0.1, 0.15) is 12.5 Å². The van der Waals surface area contributed by atoms with Gasteiger partial charge in [0, 0.05) is 18.1 Å². The number of hydrogen-bond donors (Lipinski definition) is 2. The third-order valence-electron chi connectivity index (χ3n) is 2.23. The number of carboxylic acids is 1. The number of para-hydroxylation sites is 1. The molecule has 1 atom stereocenters. The minimum Gasteiger partial charge on any atom is -0.480 e. The van der Waals surface area contributed by atoms with Crippen LogP contribution in [0.25, 0.3) is 0 Å². The highest BCUT2D eigenvalue weighted by Crippen LogP contribution is 2.21. The van der Waals surface area contributed by atoms with Gasteiger partial charge in [-0.2, -0.15) is 0 Å². The molecule has 6 nitrogen and oxygen atoms in total. The van der Waals surface area contributed by atoms with Crippen LogP contribution in [0, 0.1) is 10.1 Å². The molecule has 0 aliphatic heterocycles. The fourth-order valence-electron chi connectivity index (χ4n) is 1.31. The number of nitro groups is 1. The first-order valence-corrected chi connectivity index (χ1v) is 4.59. The number of rotatable bonds is 4. The van der Waals surface area contributed by atoms with Crippen LogP contribution in [-0.2, 0) is 11.2 Å². The number of carbonyl (C=O) groups is 1. The second kappa shape index (κ2) is 4.28. The van der Waals surface area contributed by atoms with Crippen LogP contribution >= 0.6 is 0 Å². The van der Waals surface area contributed by atoms with Crippen LogP contribution < -0.4 is 5.73 Å². The maximum absolute atomic E-state index is 10.8. The van der Waals surface area contributed by atoms with Gasteiger partial charge in [0.25, 0.3) is 5.69 Å². The third-order valence-corrected chi connectivity index (χ3v) is 2.23. The molecule has 0 spiro atoms. The van der Waals surface area contributed by atoms with Crippen LogP contribution in [0.2, 0.25) is 0 Å². The van der Waals surface area contributed by atoms with Crippen molar-refractivity contribution >= 4 is 11.7 Å². The Morgan fingerprint density at radius 3 is 2.62 bits per heavy atom. The lowest BCUT2D eigenvalue weighted by Gasteiger charge is -2.18. The first kappa shape index (κ1) is 12.1. The SMILES string of the molecule is CC(N)(Cc1ccccc1[N+](=O)[O-])C(=O)O. The molecule has 0 heterocycles. The topological polar surface area (TPSA) is 106 Å². The lowest BCUT2D eigenvalue weighted by molar-refractivity contribution is -0.385. The van der Waals surface area contributed by atoms with Crippen molar-refractivity contribution in [2.75, 3.05) is 0 Å². The zero-order chi connectivity index (χ0) is 12.3. The van der Waals surface area contributed by atoms with Crippen molar-refractivity contribution in [1.29, 1.82) is 0 Å². The van der Waals surface area contributed by atoms with Crippen LogP contribution in [-0.4, -0.2) is 21.5 Å². The largest absolute Gasteiger partial charge is 0.480 e. The van der Waals surface area contributed by atoms with E-state index in [9.17, 15) is 14.9 Å². The lowest BCUT2D eigenvalue weighted by Crippen LogP contribution is -2.46. The number of benzene rings is 1. The molecule has 86 valence electrons. The maximum atomic E-state index is 10.8. The summed E-state index contributed by atoms with van der Waals surface area (Å²) in [5.41, 5.74) is 4.24. The predicted octanol–water partition coefficient (Wildman–Crippen LogP) is 0.939. The fourth-order valence-corrected chi connectivity index (χ4v) is 1.31. The molecule has 0 aliphatic carbocycles. The molecule has 3 N–H and O–H groups in total. The molecule has 1 aromatic rings. The summed E-state index contributed by atoms with van der Waals surface area (Å²) in [6.45, 7) is 1.33. The summed E-state index contributed by atoms with van der Waals surface area (Å²) in [6.07, 6.45) is -0.0838. The number of hydrogen-bond acceptors (Lipinski definition) is 4. The van der Waals surface area contributed by atoms with E-state index in [1.165, 1.54) is 25.1 Å². The van der Waals surface area contributed by atoms with E-state index in [1.54, 1.807) is 6.07 Å². The van der Waals surface area contributed by atoms with E-state index in [1.807, 2.05) is 0 Å². The average molecular weight is 224 g/mol. The van der Waals surface area contributed by atoms with Crippen molar-refractivity contribution in [3.63, 3.8) is 0 Å².